The van der Waals surface area contributed by atoms with Crippen molar-refractivity contribution in [3.05, 3.63) is 23.4 Å². The number of hydrogen-bond donors (Lipinski definition) is 1. The molecular weight excluding hydrogens is 254 g/mol. The molecule has 0 saturated heterocycles. The van der Waals surface area contributed by atoms with Crippen LogP contribution in [0, 0.1) is 0 Å². The Hall–Kier alpha value is -1.75. The van der Waals surface area contributed by atoms with Crippen molar-refractivity contribution in [2.45, 2.75) is 26.4 Å². The summed E-state index contributed by atoms with van der Waals surface area (Å²) in [6, 6.07) is 5.06. The van der Waals surface area contributed by atoms with Gasteiger partial charge < -0.3 is 10.5 Å². The van der Waals surface area contributed by atoms with Gasteiger partial charge in [-0.2, -0.15) is 4.68 Å². The van der Waals surface area contributed by atoms with E-state index < -0.39 is 11.7 Å². The third kappa shape index (κ3) is 2.41. The van der Waals surface area contributed by atoms with Crippen LogP contribution in [0.3, 0.4) is 0 Å². The summed E-state index contributed by atoms with van der Waals surface area (Å²) < 4.78 is 6.37. The van der Waals surface area contributed by atoms with Crippen LogP contribution in [-0.2, 0) is 4.74 Å². The third-order valence-corrected chi connectivity index (χ3v) is 2.51. The Morgan fingerprint density at radius 1 is 1.44 bits per heavy atom. The number of hydrogen-bond acceptors (Lipinski definition) is 4. The Kier molecular flexibility index (Phi) is 2.94. The zero-order valence-electron chi connectivity index (χ0n) is 10.4. The van der Waals surface area contributed by atoms with E-state index >= 15 is 0 Å². The van der Waals surface area contributed by atoms with E-state index in [2.05, 4.69) is 5.10 Å². The number of carbonyl (C=O) groups is 1. The zero-order valence-corrected chi connectivity index (χ0v) is 11.2. The molecule has 0 amide bonds. The molecule has 96 valence electrons. The van der Waals surface area contributed by atoms with E-state index in [9.17, 15) is 4.79 Å². The van der Waals surface area contributed by atoms with Crippen molar-refractivity contribution in [3.8, 4) is 0 Å². The Morgan fingerprint density at radius 2 is 2.11 bits per heavy atom. The van der Waals surface area contributed by atoms with Gasteiger partial charge in [0.15, 0.2) is 5.15 Å². The Labute approximate surface area is 109 Å². The lowest BCUT2D eigenvalue weighted by atomic mass is 10.2. The van der Waals surface area contributed by atoms with Crippen LogP contribution >= 0.6 is 11.6 Å². The summed E-state index contributed by atoms with van der Waals surface area (Å²) in [7, 11) is 0. The van der Waals surface area contributed by atoms with Crippen LogP contribution < -0.4 is 5.73 Å². The molecule has 0 saturated carbocycles. The van der Waals surface area contributed by atoms with Crippen LogP contribution in [0.5, 0.6) is 0 Å². The van der Waals surface area contributed by atoms with Crippen molar-refractivity contribution in [2.24, 2.45) is 0 Å². The van der Waals surface area contributed by atoms with E-state index in [1.54, 1.807) is 39.0 Å². The minimum absolute atomic E-state index is 0.246. The number of fused-ring (bicyclic) bond motifs is 1. The topological polar surface area (TPSA) is 70.1 Å². The van der Waals surface area contributed by atoms with Crippen molar-refractivity contribution in [2.75, 3.05) is 5.73 Å². The molecule has 0 aliphatic carbocycles. The molecule has 0 bridgehead atoms. The van der Waals surface area contributed by atoms with Gasteiger partial charge in [-0.15, -0.1) is 5.10 Å². The number of nitrogens with zero attached hydrogens (tertiary/aromatic N) is 2. The van der Waals surface area contributed by atoms with Gasteiger partial charge in [-0.3, -0.25) is 0 Å². The normalized spacial score (nSPS) is 11.8. The molecule has 0 aliphatic heterocycles. The fraction of sp³-hybridized carbons (Fsp3) is 0.333. The SMILES string of the molecule is CC(C)(C)OC(=O)n1nc(Cl)c2ccc(N)cc21. The molecule has 6 heteroatoms. The highest BCUT2D eigenvalue weighted by Crippen LogP contribution is 2.25. The average molecular weight is 268 g/mol. The Balaban J connectivity index is 2.51. The van der Waals surface area contributed by atoms with E-state index in [0.717, 1.165) is 4.68 Å². The number of anilines is 1. The van der Waals surface area contributed by atoms with Gasteiger partial charge in [0.1, 0.15) is 5.60 Å². The van der Waals surface area contributed by atoms with E-state index in [1.165, 1.54) is 0 Å². The fourth-order valence-corrected chi connectivity index (χ4v) is 1.77. The molecule has 1 heterocycles. The number of carbonyl (C=O) groups excluding carboxylic acids is 1. The lowest BCUT2D eigenvalue weighted by Gasteiger charge is -2.19. The maximum Gasteiger partial charge on any atom is 0.435 e. The van der Waals surface area contributed by atoms with E-state index in [-0.39, 0.29) is 5.15 Å². The maximum atomic E-state index is 12.0. The summed E-state index contributed by atoms with van der Waals surface area (Å²) in [6.45, 7) is 5.35. The highest BCUT2D eigenvalue weighted by Gasteiger charge is 2.21. The predicted octanol–water partition coefficient (Wildman–Crippen LogP) is 3.06. The standard InChI is InChI=1S/C12H14ClN3O2/c1-12(2,3)18-11(17)16-9-6-7(14)4-5-8(9)10(13)15-16/h4-6H,14H2,1-3H3. The van der Waals surface area contributed by atoms with Gasteiger partial charge in [-0.05, 0) is 39.0 Å². The largest absolute Gasteiger partial charge is 0.442 e. The van der Waals surface area contributed by atoms with Crippen molar-refractivity contribution >= 4 is 34.3 Å². The summed E-state index contributed by atoms with van der Waals surface area (Å²) in [5, 5.41) is 4.88. The molecule has 5 nitrogen and oxygen atoms in total. The van der Waals surface area contributed by atoms with Gasteiger partial charge in [-0.1, -0.05) is 11.6 Å². The number of nitrogen functional groups attached to an aromatic ring is 1. The monoisotopic (exact) mass is 267 g/mol. The van der Waals surface area contributed by atoms with Crippen molar-refractivity contribution in [3.63, 3.8) is 0 Å². The summed E-state index contributed by atoms with van der Waals surface area (Å²) in [5.41, 5.74) is 6.17. The molecule has 18 heavy (non-hydrogen) atoms. The van der Waals surface area contributed by atoms with Crippen LogP contribution in [0.1, 0.15) is 20.8 Å². The van der Waals surface area contributed by atoms with Gasteiger partial charge in [0.05, 0.1) is 5.52 Å². The third-order valence-electron chi connectivity index (χ3n) is 2.23. The van der Waals surface area contributed by atoms with Crippen molar-refractivity contribution in [1.82, 2.24) is 9.78 Å². The lowest BCUT2D eigenvalue weighted by Crippen LogP contribution is -2.27. The molecular formula is C12H14ClN3O2. The molecule has 0 fully saturated rings. The molecule has 0 radical (unpaired) electrons. The number of nitrogens with two attached hydrogens (primary N) is 1. The van der Waals surface area contributed by atoms with Crippen LogP contribution in [-0.4, -0.2) is 21.5 Å². The Morgan fingerprint density at radius 3 is 2.72 bits per heavy atom. The molecule has 0 aliphatic rings. The summed E-state index contributed by atoms with van der Waals surface area (Å²) in [6.07, 6.45) is -0.579. The van der Waals surface area contributed by atoms with Gasteiger partial charge in [0.2, 0.25) is 0 Å². The van der Waals surface area contributed by atoms with E-state index in [4.69, 9.17) is 22.1 Å². The molecule has 0 spiro atoms. The minimum atomic E-state index is -0.595. The molecule has 2 aromatic rings. The summed E-state index contributed by atoms with van der Waals surface area (Å²) in [5.74, 6) is 0. The quantitative estimate of drug-likeness (QED) is 0.745. The number of halogens is 1. The Bertz CT molecular complexity index is 614. The zero-order chi connectivity index (χ0) is 13.5. The first-order chi connectivity index (χ1) is 8.28. The second-order valence-corrected chi connectivity index (χ2v) is 5.32. The lowest BCUT2D eigenvalue weighted by molar-refractivity contribution is 0.0523. The van der Waals surface area contributed by atoms with Gasteiger partial charge in [-0.25, -0.2) is 4.79 Å². The second-order valence-electron chi connectivity index (χ2n) is 4.96. The first kappa shape index (κ1) is 12.7. The molecule has 0 atom stereocenters. The van der Waals surface area contributed by atoms with E-state index in [0.29, 0.717) is 16.6 Å². The predicted molar refractivity (Wildman–Crippen MR) is 70.8 cm³/mol. The van der Waals surface area contributed by atoms with Crippen LogP contribution in [0.4, 0.5) is 10.5 Å². The number of benzene rings is 1. The molecule has 1 aromatic carbocycles. The fourth-order valence-electron chi connectivity index (χ4n) is 1.54. The highest BCUT2D eigenvalue weighted by atomic mass is 35.5. The maximum absolute atomic E-state index is 12.0. The minimum Gasteiger partial charge on any atom is -0.442 e. The molecule has 2 rings (SSSR count). The molecule has 2 N–H and O–H groups in total. The van der Waals surface area contributed by atoms with Gasteiger partial charge in [0.25, 0.3) is 0 Å². The summed E-state index contributed by atoms with van der Waals surface area (Å²) >= 11 is 5.96. The van der Waals surface area contributed by atoms with Gasteiger partial charge >= 0.3 is 6.09 Å². The highest BCUT2D eigenvalue weighted by molar-refractivity contribution is 6.34. The van der Waals surface area contributed by atoms with Gasteiger partial charge in [0, 0.05) is 11.1 Å². The number of ether oxygens (including phenoxy) is 1. The van der Waals surface area contributed by atoms with Crippen LogP contribution in [0.15, 0.2) is 18.2 Å². The number of aromatic nitrogens is 2. The smallest absolute Gasteiger partial charge is 0.435 e. The van der Waals surface area contributed by atoms with E-state index in [1.807, 2.05) is 0 Å². The van der Waals surface area contributed by atoms with Crippen LogP contribution in [0.2, 0.25) is 5.15 Å². The second kappa shape index (κ2) is 4.17. The first-order valence-electron chi connectivity index (χ1n) is 5.45. The summed E-state index contributed by atoms with van der Waals surface area (Å²) in [4.78, 5) is 12.0. The molecule has 1 aromatic heterocycles. The molecule has 0 unspecified atom stereocenters. The number of rotatable bonds is 0. The van der Waals surface area contributed by atoms with Crippen LogP contribution in [0.25, 0.3) is 10.9 Å². The van der Waals surface area contributed by atoms with Crippen molar-refractivity contribution < 1.29 is 9.53 Å². The average Bonchev–Trinajstić information content (AvgIpc) is 2.53. The first-order valence-corrected chi connectivity index (χ1v) is 5.83. The van der Waals surface area contributed by atoms with Crippen molar-refractivity contribution in [1.29, 1.82) is 0 Å².